The van der Waals surface area contributed by atoms with E-state index in [0.29, 0.717) is 0 Å². The van der Waals surface area contributed by atoms with Gasteiger partial charge in [-0.1, -0.05) is 73.1 Å². The molecule has 0 radical (unpaired) electrons. The SMILES string of the molecule is CCCCCCCC.CCNc1ccc(N(C)Sc2ccc(N)cc2)cc1N=CC(C)(C)C. The van der Waals surface area contributed by atoms with Gasteiger partial charge >= 0.3 is 0 Å². The fourth-order valence-electron chi connectivity index (χ4n) is 3.02. The maximum atomic E-state index is 5.76. The third-order valence-corrected chi connectivity index (χ3v) is 5.85. The summed E-state index contributed by atoms with van der Waals surface area (Å²) >= 11 is 1.66. The molecule has 2 rings (SSSR count). The van der Waals surface area contributed by atoms with Gasteiger partial charge < -0.3 is 15.4 Å². The van der Waals surface area contributed by atoms with E-state index in [0.717, 1.165) is 34.2 Å². The van der Waals surface area contributed by atoms with E-state index < -0.39 is 0 Å². The summed E-state index contributed by atoms with van der Waals surface area (Å²) in [5.41, 5.74) is 9.69. The first-order valence-corrected chi connectivity index (χ1v) is 13.2. The Bertz CT molecular complexity index is 804. The summed E-state index contributed by atoms with van der Waals surface area (Å²) in [6, 6.07) is 14.2. The standard InChI is InChI=1S/C20H28N4S.C8H18/c1-6-22-18-12-9-16(13-19(18)23-14-20(2,3)4)24(5)25-17-10-7-15(21)8-11-17;1-3-5-7-8-6-4-2/h7-14,22H,6,21H2,1-5H3;3-8H2,1-2H3. The first-order chi connectivity index (χ1) is 15.7. The number of unbranched alkanes of at least 4 members (excludes halogenated alkanes) is 5. The first kappa shape index (κ1) is 28.9. The largest absolute Gasteiger partial charge is 0.399 e. The second-order valence-corrected chi connectivity index (χ2v) is 10.6. The van der Waals surface area contributed by atoms with Gasteiger partial charge in [-0.25, -0.2) is 0 Å². The van der Waals surface area contributed by atoms with Gasteiger partial charge in [0.2, 0.25) is 0 Å². The Morgan fingerprint density at radius 1 is 0.939 bits per heavy atom. The Kier molecular flexibility index (Phi) is 13.7. The number of anilines is 3. The Labute approximate surface area is 207 Å². The number of benzene rings is 2. The van der Waals surface area contributed by atoms with Crippen LogP contribution in [-0.2, 0) is 0 Å². The number of nitrogen functional groups attached to an aromatic ring is 1. The molecule has 0 saturated carbocycles. The quantitative estimate of drug-likeness (QED) is 0.149. The molecular formula is C28H46N4S. The molecule has 33 heavy (non-hydrogen) atoms. The molecule has 0 unspecified atom stereocenters. The predicted octanol–water partition coefficient (Wildman–Crippen LogP) is 8.96. The number of nitrogens with two attached hydrogens (primary N) is 1. The molecule has 0 fully saturated rings. The number of nitrogens with one attached hydrogen (secondary N) is 1. The Balaban J connectivity index is 0.000000582. The smallest absolute Gasteiger partial charge is 0.0878 e. The van der Waals surface area contributed by atoms with Crippen molar-refractivity contribution >= 4 is 40.9 Å². The topological polar surface area (TPSA) is 53.6 Å². The molecule has 0 spiro atoms. The summed E-state index contributed by atoms with van der Waals surface area (Å²) < 4.78 is 2.14. The molecule has 2 aromatic rings. The van der Waals surface area contributed by atoms with E-state index in [4.69, 9.17) is 10.7 Å². The normalized spacial score (nSPS) is 11.2. The lowest BCUT2D eigenvalue weighted by atomic mass is 9.99. The van der Waals surface area contributed by atoms with Crippen molar-refractivity contribution in [3.8, 4) is 0 Å². The van der Waals surface area contributed by atoms with Crippen LogP contribution >= 0.6 is 11.9 Å². The lowest BCUT2D eigenvalue weighted by molar-refractivity contribution is 0.607. The number of rotatable bonds is 11. The molecule has 184 valence electrons. The number of hydrogen-bond acceptors (Lipinski definition) is 5. The first-order valence-electron chi connectivity index (χ1n) is 12.4. The van der Waals surface area contributed by atoms with Gasteiger partial charge in [0.1, 0.15) is 0 Å². The number of aliphatic imine (C=N–C) groups is 1. The second-order valence-electron chi connectivity index (χ2n) is 9.43. The van der Waals surface area contributed by atoms with E-state index in [2.05, 4.69) is 76.4 Å². The minimum atomic E-state index is 0.0457. The number of nitrogens with zero attached hydrogens (tertiary/aromatic N) is 2. The molecular weight excluding hydrogens is 424 g/mol. The zero-order valence-electron chi connectivity index (χ0n) is 21.9. The minimum Gasteiger partial charge on any atom is -0.399 e. The van der Waals surface area contributed by atoms with Gasteiger partial charge in [-0.05, 0) is 66.8 Å². The van der Waals surface area contributed by atoms with Crippen LogP contribution in [0.3, 0.4) is 0 Å². The summed E-state index contributed by atoms with van der Waals surface area (Å²) in [6.45, 7) is 13.9. The second kappa shape index (κ2) is 15.7. The van der Waals surface area contributed by atoms with Crippen molar-refractivity contribution in [1.29, 1.82) is 0 Å². The molecule has 2 aromatic carbocycles. The van der Waals surface area contributed by atoms with Gasteiger partial charge in [-0.15, -0.1) is 0 Å². The molecule has 0 heterocycles. The van der Waals surface area contributed by atoms with Crippen molar-refractivity contribution in [2.45, 2.75) is 85.0 Å². The van der Waals surface area contributed by atoms with Crippen LogP contribution in [0.2, 0.25) is 0 Å². The van der Waals surface area contributed by atoms with Gasteiger partial charge in [0.05, 0.1) is 11.4 Å². The Morgan fingerprint density at radius 3 is 2.06 bits per heavy atom. The van der Waals surface area contributed by atoms with Gasteiger partial charge in [0, 0.05) is 36.1 Å². The maximum absolute atomic E-state index is 5.76. The molecule has 3 N–H and O–H groups in total. The number of hydrogen-bond donors (Lipinski definition) is 2. The van der Waals surface area contributed by atoms with E-state index in [1.165, 1.54) is 38.5 Å². The molecule has 5 heteroatoms. The zero-order valence-corrected chi connectivity index (χ0v) is 22.8. The van der Waals surface area contributed by atoms with Gasteiger partial charge in [0.25, 0.3) is 0 Å². The van der Waals surface area contributed by atoms with Crippen LogP contribution in [0.5, 0.6) is 0 Å². The summed E-state index contributed by atoms with van der Waals surface area (Å²) in [5, 5.41) is 3.38. The molecule has 0 bridgehead atoms. The third-order valence-electron chi connectivity index (χ3n) is 4.88. The highest BCUT2D eigenvalue weighted by atomic mass is 32.2. The highest BCUT2D eigenvalue weighted by Gasteiger charge is 2.10. The van der Waals surface area contributed by atoms with E-state index in [1.807, 2.05) is 30.5 Å². The maximum Gasteiger partial charge on any atom is 0.0878 e. The Morgan fingerprint density at radius 2 is 1.55 bits per heavy atom. The van der Waals surface area contributed by atoms with Crippen LogP contribution in [0.15, 0.2) is 52.4 Å². The van der Waals surface area contributed by atoms with Crippen molar-refractivity contribution in [2.75, 3.05) is 28.9 Å². The van der Waals surface area contributed by atoms with Crippen molar-refractivity contribution < 1.29 is 0 Å². The van der Waals surface area contributed by atoms with Crippen LogP contribution in [0.4, 0.5) is 22.7 Å². The molecule has 0 atom stereocenters. The fourth-order valence-corrected chi connectivity index (χ4v) is 3.81. The van der Waals surface area contributed by atoms with Crippen molar-refractivity contribution in [1.82, 2.24) is 0 Å². The fraction of sp³-hybridized carbons (Fsp3) is 0.536. The molecule has 0 aliphatic rings. The third kappa shape index (κ3) is 12.6. The molecule has 0 amide bonds. The van der Waals surface area contributed by atoms with Crippen LogP contribution in [0.1, 0.15) is 80.1 Å². The lowest BCUT2D eigenvalue weighted by Crippen LogP contribution is -2.08. The highest BCUT2D eigenvalue weighted by Crippen LogP contribution is 2.34. The molecule has 0 aliphatic carbocycles. The van der Waals surface area contributed by atoms with Gasteiger partial charge in [-0.2, -0.15) is 0 Å². The summed E-state index contributed by atoms with van der Waals surface area (Å²) in [6.07, 6.45) is 10.5. The summed E-state index contributed by atoms with van der Waals surface area (Å²) in [5.74, 6) is 0. The Hall–Kier alpha value is -2.14. The van der Waals surface area contributed by atoms with Crippen LogP contribution in [0, 0.1) is 5.41 Å². The molecule has 0 aromatic heterocycles. The molecule has 0 aliphatic heterocycles. The van der Waals surface area contributed by atoms with Crippen molar-refractivity contribution in [2.24, 2.45) is 10.4 Å². The van der Waals surface area contributed by atoms with Crippen LogP contribution in [0.25, 0.3) is 0 Å². The van der Waals surface area contributed by atoms with Gasteiger partial charge in [-0.3, -0.25) is 4.99 Å². The van der Waals surface area contributed by atoms with E-state index in [-0.39, 0.29) is 5.41 Å². The minimum absolute atomic E-state index is 0.0457. The van der Waals surface area contributed by atoms with E-state index in [1.54, 1.807) is 11.9 Å². The van der Waals surface area contributed by atoms with Crippen molar-refractivity contribution in [3.05, 3.63) is 42.5 Å². The molecule has 0 saturated heterocycles. The van der Waals surface area contributed by atoms with E-state index >= 15 is 0 Å². The average Bonchev–Trinajstić information content (AvgIpc) is 2.77. The zero-order chi connectivity index (χ0) is 24.7. The van der Waals surface area contributed by atoms with Crippen LogP contribution < -0.4 is 15.4 Å². The monoisotopic (exact) mass is 470 g/mol. The van der Waals surface area contributed by atoms with E-state index in [9.17, 15) is 0 Å². The molecule has 4 nitrogen and oxygen atoms in total. The highest BCUT2D eigenvalue weighted by molar-refractivity contribution is 8.00. The van der Waals surface area contributed by atoms with Crippen molar-refractivity contribution in [3.63, 3.8) is 0 Å². The predicted molar refractivity (Wildman–Crippen MR) is 152 cm³/mol. The summed E-state index contributed by atoms with van der Waals surface area (Å²) in [7, 11) is 2.06. The van der Waals surface area contributed by atoms with Crippen LogP contribution in [-0.4, -0.2) is 19.8 Å². The van der Waals surface area contributed by atoms with Gasteiger partial charge in [0.15, 0.2) is 0 Å². The lowest BCUT2D eigenvalue weighted by Gasteiger charge is -2.20. The average molecular weight is 471 g/mol. The summed E-state index contributed by atoms with van der Waals surface area (Å²) in [4.78, 5) is 5.86.